The average molecular weight is 349 g/mol. The van der Waals surface area contributed by atoms with Crippen LogP contribution in [0, 0.1) is 13.8 Å². The summed E-state index contributed by atoms with van der Waals surface area (Å²) in [6, 6.07) is 0. The van der Waals surface area contributed by atoms with E-state index in [1.807, 2.05) is 25.6 Å². The zero-order valence-electron chi connectivity index (χ0n) is 14.3. The third kappa shape index (κ3) is 3.66. The van der Waals surface area contributed by atoms with E-state index in [0.29, 0.717) is 11.4 Å². The van der Waals surface area contributed by atoms with Crippen LogP contribution in [0.25, 0.3) is 10.6 Å². The van der Waals surface area contributed by atoms with Crippen molar-refractivity contribution in [3.8, 4) is 10.6 Å². The summed E-state index contributed by atoms with van der Waals surface area (Å²) in [5.74, 6) is -0.0637. The SMILES string of the molecule is Cc1nn(C)c(C)c1-c1ncc(C(=O)NCCN2CCOCC2)s1. The Morgan fingerprint density at radius 2 is 2.12 bits per heavy atom. The number of morpholine rings is 1. The number of hydrogen-bond acceptors (Lipinski definition) is 6. The molecule has 0 radical (unpaired) electrons. The topological polar surface area (TPSA) is 72.3 Å². The zero-order chi connectivity index (χ0) is 17.1. The highest BCUT2D eigenvalue weighted by Crippen LogP contribution is 2.30. The molecule has 24 heavy (non-hydrogen) atoms. The van der Waals surface area contributed by atoms with Crippen molar-refractivity contribution in [3.05, 3.63) is 22.5 Å². The number of nitrogens with one attached hydrogen (secondary N) is 1. The van der Waals surface area contributed by atoms with Gasteiger partial charge in [0, 0.05) is 38.9 Å². The summed E-state index contributed by atoms with van der Waals surface area (Å²) < 4.78 is 7.16. The molecule has 3 rings (SSSR count). The van der Waals surface area contributed by atoms with Gasteiger partial charge in [-0.3, -0.25) is 14.4 Å². The van der Waals surface area contributed by atoms with E-state index < -0.39 is 0 Å². The summed E-state index contributed by atoms with van der Waals surface area (Å²) in [6.07, 6.45) is 1.65. The maximum absolute atomic E-state index is 12.3. The molecule has 1 amide bonds. The van der Waals surface area contributed by atoms with Crippen molar-refractivity contribution in [1.82, 2.24) is 25.0 Å². The molecule has 2 aromatic rings. The quantitative estimate of drug-likeness (QED) is 0.879. The first kappa shape index (κ1) is 17.1. The van der Waals surface area contributed by atoms with Gasteiger partial charge in [0.15, 0.2) is 0 Å². The lowest BCUT2D eigenvalue weighted by Crippen LogP contribution is -2.41. The summed E-state index contributed by atoms with van der Waals surface area (Å²) in [6.45, 7) is 8.87. The molecule has 0 atom stereocenters. The second kappa shape index (κ2) is 7.42. The average Bonchev–Trinajstić information content (AvgIpc) is 3.14. The number of nitrogens with zero attached hydrogens (tertiary/aromatic N) is 4. The number of aromatic nitrogens is 3. The molecule has 0 aliphatic carbocycles. The number of carbonyl (C=O) groups is 1. The predicted octanol–water partition coefficient (Wildman–Crippen LogP) is 1.22. The number of amides is 1. The summed E-state index contributed by atoms with van der Waals surface area (Å²) in [5.41, 5.74) is 3.01. The van der Waals surface area contributed by atoms with Crippen molar-refractivity contribution in [1.29, 1.82) is 0 Å². The largest absolute Gasteiger partial charge is 0.379 e. The smallest absolute Gasteiger partial charge is 0.263 e. The van der Waals surface area contributed by atoms with E-state index >= 15 is 0 Å². The molecule has 0 spiro atoms. The van der Waals surface area contributed by atoms with Gasteiger partial charge in [0.2, 0.25) is 0 Å². The molecule has 130 valence electrons. The first-order chi connectivity index (χ1) is 11.6. The van der Waals surface area contributed by atoms with E-state index in [0.717, 1.165) is 54.8 Å². The molecular weight excluding hydrogens is 326 g/mol. The van der Waals surface area contributed by atoms with Crippen LogP contribution in [0.1, 0.15) is 21.1 Å². The van der Waals surface area contributed by atoms with Crippen molar-refractivity contribution in [2.45, 2.75) is 13.8 Å². The Balaban J connectivity index is 1.59. The van der Waals surface area contributed by atoms with Gasteiger partial charge in [0.25, 0.3) is 5.91 Å². The molecule has 8 heteroatoms. The molecule has 1 N–H and O–H groups in total. The van der Waals surface area contributed by atoms with Crippen molar-refractivity contribution in [2.75, 3.05) is 39.4 Å². The highest BCUT2D eigenvalue weighted by atomic mass is 32.1. The lowest BCUT2D eigenvalue weighted by Gasteiger charge is -2.26. The third-order valence-electron chi connectivity index (χ3n) is 4.27. The molecule has 3 heterocycles. The van der Waals surface area contributed by atoms with E-state index in [1.54, 1.807) is 6.20 Å². The van der Waals surface area contributed by atoms with E-state index in [4.69, 9.17) is 4.74 Å². The normalized spacial score (nSPS) is 15.6. The maximum Gasteiger partial charge on any atom is 0.263 e. The second-order valence-electron chi connectivity index (χ2n) is 5.91. The highest BCUT2D eigenvalue weighted by Gasteiger charge is 2.18. The fourth-order valence-electron chi connectivity index (χ4n) is 2.82. The van der Waals surface area contributed by atoms with Crippen LogP contribution >= 0.6 is 11.3 Å². The Morgan fingerprint density at radius 3 is 2.79 bits per heavy atom. The molecule has 1 aliphatic rings. The fourth-order valence-corrected chi connectivity index (χ4v) is 3.80. The number of hydrogen-bond donors (Lipinski definition) is 1. The van der Waals surface area contributed by atoms with Gasteiger partial charge in [0.05, 0.1) is 30.7 Å². The lowest BCUT2D eigenvalue weighted by molar-refractivity contribution is 0.0383. The summed E-state index contributed by atoms with van der Waals surface area (Å²) in [5, 5.41) is 8.23. The van der Waals surface area contributed by atoms with Crippen molar-refractivity contribution in [2.24, 2.45) is 7.05 Å². The zero-order valence-corrected chi connectivity index (χ0v) is 15.2. The second-order valence-corrected chi connectivity index (χ2v) is 6.94. The lowest BCUT2D eigenvalue weighted by atomic mass is 10.2. The van der Waals surface area contributed by atoms with Gasteiger partial charge in [0.1, 0.15) is 9.88 Å². The molecule has 0 bridgehead atoms. The molecule has 0 saturated carbocycles. The number of thiazole rings is 1. The van der Waals surface area contributed by atoms with Crippen molar-refractivity contribution in [3.63, 3.8) is 0 Å². The molecule has 0 aromatic carbocycles. The Hall–Kier alpha value is -1.77. The van der Waals surface area contributed by atoms with Gasteiger partial charge in [-0.05, 0) is 13.8 Å². The van der Waals surface area contributed by atoms with E-state index in [2.05, 4.69) is 20.3 Å². The minimum absolute atomic E-state index is 0.0637. The first-order valence-electron chi connectivity index (χ1n) is 8.11. The summed E-state index contributed by atoms with van der Waals surface area (Å²) >= 11 is 1.41. The van der Waals surface area contributed by atoms with Crippen LogP contribution in [0.3, 0.4) is 0 Å². The van der Waals surface area contributed by atoms with Gasteiger partial charge in [-0.15, -0.1) is 11.3 Å². The van der Waals surface area contributed by atoms with Crippen molar-refractivity contribution >= 4 is 17.2 Å². The summed E-state index contributed by atoms with van der Waals surface area (Å²) in [4.78, 5) is 19.6. The van der Waals surface area contributed by atoms with E-state index in [9.17, 15) is 4.79 Å². The number of ether oxygens (including phenoxy) is 1. The van der Waals surface area contributed by atoms with Gasteiger partial charge in [-0.1, -0.05) is 0 Å². The molecule has 1 fully saturated rings. The minimum Gasteiger partial charge on any atom is -0.379 e. The van der Waals surface area contributed by atoms with Crippen LogP contribution in [0.4, 0.5) is 0 Å². The Labute approximate surface area is 145 Å². The summed E-state index contributed by atoms with van der Waals surface area (Å²) in [7, 11) is 1.92. The van der Waals surface area contributed by atoms with Gasteiger partial charge >= 0.3 is 0 Å². The molecule has 2 aromatic heterocycles. The molecule has 7 nitrogen and oxygen atoms in total. The van der Waals surface area contributed by atoms with Gasteiger partial charge in [-0.2, -0.15) is 5.10 Å². The molecule has 1 aliphatic heterocycles. The van der Waals surface area contributed by atoms with E-state index in [1.165, 1.54) is 11.3 Å². The standard InChI is InChI=1S/C16H23N5O2S/c1-11-14(12(2)20(3)19-11)16-18-10-13(24-16)15(22)17-4-5-21-6-8-23-9-7-21/h10H,4-9H2,1-3H3,(H,17,22). The predicted molar refractivity (Wildman–Crippen MR) is 93.4 cm³/mol. The molecular formula is C16H23N5O2S. The van der Waals surface area contributed by atoms with E-state index in [-0.39, 0.29) is 5.91 Å². The van der Waals surface area contributed by atoms with Crippen LogP contribution < -0.4 is 5.32 Å². The highest BCUT2D eigenvalue weighted by molar-refractivity contribution is 7.16. The number of rotatable bonds is 5. The van der Waals surface area contributed by atoms with Crippen LogP contribution in [0.5, 0.6) is 0 Å². The van der Waals surface area contributed by atoms with Crippen LogP contribution in [-0.4, -0.2) is 65.0 Å². The Morgan fingerprint density at radius 1 is 1.38 bits per heavy atom. The maximum atomic E-state index is 12.3. The minimum atomic E-state index is -0.0637. The Kier molecular flexibility index (Phi) is 5.27. The Bertz CT molecular complexity index is 718. The monoisotopic (exact) mass is 349 g/mol. The number of aryl methyl sites for hydroxylation is 2. The van der Waals surface area contributed by atoms with Gasteiger partial charge in [-0.25, -0.2) is 4.98 Å². The molecule has 1 saturated heterocycles. The van der Waals surface area contributed by atoms with Crippen LogP contribution in [0.15, 0.2) is 6.20 Å². The molecule has 0 unspecified atom stereocenters. The first-order valence-corrected chi connectivity index (χ1v) is 8.92. The van der Waals surface area contributed by atoms with Crippen molar-refractivity contribution < 1.29 is 9.53 Å². The van der Waals surface area contributed by atoms with Crippen LogP contribution in [-0.2, 0) is 11.8 Å². The third-order valence-corrected chi connectivity index (χ3v) is 5.28. The number of carbonyl (C=O) groups excluding carboxylic acids is 1. The fraction of sp³-hybridized carbons (Fsp3) is 0.562. The van der Waals surface area contributed by atoms with Crippen LogP contribution in [0.2, 0.25) is 0 Å². The van der Waals surface area contributed by atoms with Gasteiger partial charge < -0.3 is 10.1 Å².